The Labute approximate surface area is 124 Å². The summed E-state index contributed by atoms with van der Waals surface area (Å²) in [6.45, 7) is 2.16. The summed E-state index contributed by atoms with van der Waals surface area (Å²) >= 11 is 1.93. The van der Waals surface area contributed by atoms with Crippen molar-refractivity contribution in [3.63, 3.8) is 0 Å². The number of thioether (sulfide) groups is 1. The Morgan fingerprint density at radius 1 is 1.50 bits per heavy atom. The molecule has 1 aliphatic rings. The molecule has 3 N–H and O–H groups in total. The Hall–Kier alpha value is -1.36. The average molecular weight is 294 g/mol. The molecule has 0 amide bonds. The van der Waals surface area contributed by atoms with Gasteiger partial charge in [-0.2, -0.15) is 11.8 Å². The largest absolute Gasteiger partial charge is 0.462 e. The van der Waals surface area contributed by atoms with E-state index in [0.29, 0.717) is 23.9 Å². The monoisotopic (exact) mass is 294 g/mol. The molecule has 0 heterocycles. The first-order valence-corrected chi connectivity index (χ1v) is 8.28. The molecule has 0 aromatic heterocycles. The third kappa shape index (κ3) is 3.60. The van der Waals surface area contributed by atoms with Gasteiger partial charge < -0.3 is 15.8 Å². The van der Waals surface area contributed by atoms with Gasteiger partial charge in [0.25, 0.3) is 0 Å². The van der Waals surface area contributed by atoms with Crippen LogP contribution in [0.5, 0.6) is 0 Å². The van der Waals surface area contributed by atoms with Crippen LogP contribution in [0.15, 0.2) is 18.2 Å². The zero-order valence-corrected chi connectivity index (χ0v) is 12.8. The first kappa shape index (κ1) is 15.0. The van der Waals surface area contributed by atoms with E-state index in [2.05, 4.69) is 11.6 Å². The fourth-order valence-electron chi connectivity index (χ4n) is 2.54. The maximum Gasteiger partial charge on any atom is 0.338 e. The van der Waals surface area contributed by atoms with Crippen molar-refractivity contribution in [2.24, 2.45) is 0 Å². The third-order valence-electron chi connectivity index (χ3n) is 3.64. The minimum atomic E-state index is -0.325. The number of nitrogen functional groups attached to an aromatic ring is 1. The molecule has 0 aliphatic heterocycles. The van der Waals surface area contributed by atoms with Gasteiger partial charge in [0.2, 0.25) is 0 Å². The lowest BCUT2D eigenvalue weighted by Gasteiger charge is -2.16. The zero-order valence-electron chi connectivity index (χ0n) is 12.0. The number of hydrogen-bond acceptors (Lipinski definition) is 5. The summed E-state index contributed by atoms with van der Waals surface area (Å²) in [6, 6.07) is 5.79. The summed E-state index contributed by atoms with van der Waals surface area (Å²) in [5.74, 6) is -0.325. The molecular weight excluding hydrogens is 272 g/mol. The molecule has 1 aliphatic carbocycles. The van der Waals surface area contributed by atoms with Crippen LogP contribution in [0.3, 0.4) is 0 Å². The van der Waals surface area contributed by atoms with Crippen LogP contribution in [0.2, 0.25) is 0 Å². The maximum atomic E-state index is 11.6. The molecule has 5 heteroatoms. The number of carbonyl (C=O) groups excluding carboxylic acids is 1. The summed E-state index contributed by atoms with van der Waals surface area (Å²) in [6.07, 6.45) is 5.75. The Morgan fingerprint density at radius 3 is 2.90 bits per heavy atom. The molecule has 1 saturated carbocycles. The summed E-state index contributed by atoms with van der Waals surface area (Å²) in [5, 5.41) is 4.22. The molecule has 110 valence electrons. The Bertz CT molecular complexity index is 479. The summed E-state index contributed by atoms with van der Waals surface area (Å²) in [7, 11) is 0. The number of nitrogens with one attached hydrogen (secondary N) is 1. The molecule has 2 unspecified atom stereocenters. The van der Waals surface area contributed by atoms with E-state index in [-0.39, 0.29) is 5.97 Å². The lowest BCUT2D eigenvalue weighted by atomic mass is 10.1. The van der Waals surface area contributed by atoms with Gasteiger partial charge in [-0.15, -0.1) is 0 Å². The molecule has 1 aromatic carbocycles. The van der Waals surface area contributed by atoms with E-state index >= 15 is 0 Å². The van der Waals surface area contributed by atoms with Crippen molar-refractivity contribution in [3.8, 4) is 0 Å². The number of benzene rings is 1. The van der Waals surface area contributed by atoms with Gasteiger partial charge in [0.1, 0.15) is 0 Å². The van der Waals surface area contributed by atoms with Gasteiger partial charge in [-0.25, -0.2) is 4.79 Å². The SMILES string of the molecule is CCOC(=O)c1ccc(NC2CCC(SC)C2)c(N)c1. The molecular formula is C15H22N2O2S. The number of esters is 1. The quantitative estimate of drug-likeness (QED) is 0.645. The third-order valence-corrected chi connectivity index (χ3v) is 4.73. The topological polar surface area (TPSA) is 64.3 Å². The van der Waals surface area contributed by atoms with Gasteiger partial charge in [0, 0.05) is 11.3 Å². The van der Waals surface area contributed by atoms with Crippen LogP contribution in [0.25, 0.3) is 0 Å². The fourth-order valence-corrected chi connectivity index (χ4v) is 3.34. The highest BCUT2D eigenvalue weighted by atomic mass is 32.2. The van der Waals surface area contributed by atoms with Crippen LogP contribution in [-0.2, 0) is 4.74 Å². The Morgan fingerprint density at radius 2 is 2.30 bits per heavy atom. The molecule has 0 saturated heterocycles. The summed E-state index contributed by atoms with van der Waals surface area (Å²) in [4.78, 5) is 11.6. The second kappa shape index (κ2) is 6.88. The minimum Gasteiger partial charge on any atom is -0.462 e. The predicted octanol–water partition coefficient (Wildman–Crippen LogP) is 3.14. The van der Waals surface area contributed by atoms with E-state index in [4.69, 9.17) is 10.5 Å². The van der Waals surface area contributed by atoms with Gasteiger partial charge in [-0.1, -0.05) is 0 Å². The standard InChI is InChI=1S/C15H22N2O2S/c1-3-19-15(18)10-4-7-14(13(16)8-10)17-11-5-6-12(9-11)20-2/h4,7-8,11-12,17H,3,5-6,9,16H2,1-2H3. The average Bonchev–Trinajstić information content (AvgIpc) is 2.89. The lowest BCUT2D eigenvalue weighted by molar-refractivity contribution is 0.0526. The fraction of sp³-hybridized carbons (Fsp3) is 0.533. The van der Waals surface area contributed by atoms with Gasteiger partial charge in [-0.05, 0) is 50.6 Å². The van der Waals surface area contributed by atoms with Gasteiger partial charge >= 0.3 is 5.97 Å². The van der Waals surface area contributed by atoms with Crippen molar-refractivity contribution in [3.05, 3.63) is 23.8 Å². The van der Waals surface area contributed by atoms with Crippen molar-refractivity contribution < 1.29 is 9.53 Å². The van der Waals surface area contributed by atoms with Gasteiger partial charge in [0.05, 0.1) is 23.5 Å². The van der Waals surface area contributed by atoms with Crippen LogP contribution < -0.4 is 11.1 Å². The zero-order chi connectivity index (χ0) is 14.5. The van der Waals surface area contributed by atoms with Crippen LogP contribution in [0.1, 0.15) is 36.5 Å². The van der Waals surface area contributed by atoms with Crippen molar-refractivity contribution in [1.29, 1.82) is 0 Å². The van der Waals surface area contributed by atoms with E-state index < -0.39 is 0 Å². The van der Waals surface area contributed by atoms with Crippen molar-refractivity contribution in [2.45, 2.75) is 37.5 Å². The smallest absolute Gasteiger partial charge is 0.338 e. The van der Waals surface area contributed by atoms with Crippen molar-refractivity contribution in [1.82, 2.24) is 0 Å². The Kier molecular flexibility index (Phi) is 5.17. The normalized spacial score (nSPS) is 21.7. The number of nitrogens with two attached hydrogens (primary N) is 1. The second-order valence-electron chi connectivity index (χ2n) is 5.03. The first-order valence-electron chi connectivity index (χ1n) is 7.00. The molecule has 0 spiro atoms. The summed E-state index contributed by atoms with van der Waals surface area (Å²) in [5.41, 5.74) is 8.04. The molecule has 0 radical (unpaired) electrons. The maximum absolute atomic E-state index is 11.6. The Balaban J connectivity index is 2.01. The van der Waals surface area contributed by atoms with E-state index in [1.165, 1.54) is 19.3 Å². The summed E-state index contributed by atoms with van der Waals surface area (Å²) < 4.78 is 4.97. The highest BCUT2D eigenvalue weighted by Gasteiger charge is 2.24. The van der Waals surface area contributed by atoms with Crippen LogP contribution in [0, 0.1) is 0 Å². The molecule has 1 fully saturated rings. The van der Waals surface area contributed by atoms with Crippen LogP contribution >= 0.6 is 11.8 Å². The van der Waals surface area contributed by atoms with Gasteiger partial charge in [0.15, 0.2) is 0 Å². The minimum absolute atomic E-state index is 0.325. The second-order valence-corrected chi connectivity index (χ2v) is 6.17. The van der Waals surface area contributed by atoms with E-state index in [9.17, 15) is 4.79 Å². The van der Waals surface area contributed by atoms with Crippen molar-refractivity contribution >= 4 is 29.1 Å². The van der Waals surface area contributed by atoms with Crippen LogP contribution in [0.4, 0.5) is 11.4 Å². The molecule has 2 rings (SSSR count). The number of hydrogen-bond donors (Lipinski definition) is 2. The van der Waals surface area contributed by atoms with E-state index in [1.807, 2.05) is 17.8 Å². The molecule has 4 nitrogen and oxygen atoms in total. The van der Waals surface area contributed by atoms with Crippen molar-refractivity contribution in [2.75, 3.05) is 23.9 Å². The lowest BCUT2D eigenvalue weighted by Crippen LogP contribution is -2.17. The number of anilines is 2. The van der Waals surface area contributed by atoms with E-state index in [0.717, 1.165) is 10.9 Å². The van der Waals surface area contributed by atoms with Gasteiger partial charge in [-0.3, -0.25) is 0 Å². The molecule has 2 atom stereocenters. The first-order chi connectivity index (χ1) is 9.63. The number of carbonyl (C=O) groups is 1. The predicted molar refractivity (Wildman–Crippen MR) is 85.4 cm³/mol. The molecule has 1 aromatic rings. The highest BCUT2D eigenvalue weighted by Crippen LogP contribution is 2.31. The molecule has 20 heavy (non-hydrogen) atoms. The number of ether oxygens (including phenoxy) is 1. The van der Waals surface area contributed by atoms with E-state index in [1.54, 1.807) is 19.1 Å². The van der Waals surface area contributed by atoms with Crippen LogP contribution in [-0.4, -0.2) is 30.1 Å². The number of rotatable bonds is 5. The molecule has 0 bridgehead atoms. The highest BCUT2D eigenvalue weighted by molar-refractivity contribution is 7.99.